The van der Waals surface area contributed by atoms with E-state index >= 15 is 0 Å². The summed E-state index contributed by atoms with van der Waals surface area (Å²) in [5.41, 5.74) is 1.96. The quantitative estimate of drug-likeness (QED) is 0.763. The Labute approximate surface area is 127 Å². The average molecular weight is 312 g/mol. The molecule has 1 N–H and O–H groups in total. The van der Waals surface area contributed by atoms with E-state index in [1.165, 1.54) is 0 Å². The molecule has 0 aliphatic heterocycles. The van der Waals surface area contributed by atoms with Crippen LogP contribution in [0.25, 0.3) is 0 Å². The molecule has 2 nitrogen and oxygen atoms in total. The molecule has 0 saturated heterocycles. The van der Waals surface area contributed by atoms with Crippen molar-refractivity contribution in [2.24, 2.45) is 0 Å². The van der Waals surface area contributed by atoms with Gasteiger partial charge in [-0.2, -0.15) is 0 Å². The fourth-order valence-electron chi connectivity index (χ4n) is 1.56. The highest BCUT2D eigenvalue weighted by Gasteiger charge is 2.11. The van der Waals surface area contributed by atoms with Gasteiger partial charge < -0.3 is 5.32 Å². The van der Waals surface area contributed by atoms with Crippen molar-refractivity contribution in [3.8, 4) is 0 Å². The maximum absolute atomic E-state index is 12.1. The fourth-order valence-corrected chi connectivity index (χ4v) is 2.14. The molecule has 0 atom stereocenters. The summed E-state index contributed by atoms with van der Waals surface area (Å²) in [6, 6.07) is 10.3. The molecule has 0 saturated carbocycles. The van der Waals surface area contributed by atoms with Gasteiger partial charge >= 0.3 is 0 Å². The summed E-state index contributed by atoms with van der Waals surface area (Å²) >= 11 is 16.2. The first-order valence-electron chi connectivity index (χ1n) is 5.53. The van der Waals surface area contributed by atoms with Crippen molar-refractivity contribution in [3.63, 3.8) is 0 Å². The molecule has 0 unspecified atom stereocenters. The number of nitrogens with one attached hydrogen (secondary N) is 1. The molecule has 98 valence electrons. The molecule has 19 heavy (non-hydrogen) atoms. The highest BCUT2D eigenvalue weighted by atomic mass is 35.5. The van der Waals surface area contributed by atoms with Crippen LogP contribution in [-0.4, -0.2) is 5.91 Å². The number of carbonyl (C=O) groups is 1. The lowest BCUT2D eigenvalue weighted by Crippen LogP contribution is -2.12. The molecule has 5 heteroatoms. The van der Waals surface area contributed by atoms with Gasteiger partial charge in [0.2, 0.25) is 0 Å². The first-order valence-corrected chi connectivity index (χ1v) is 6.73. The number of rotatable bonds is 2. The molecule has 0 heterocycles. The van der Waals surface area contributed by atoms with Gasteiger partial charge in [0, 0.05) is 15.6 Å². The van der Waals surface area contributed by atoms with Gasteiger partial charge in [-0.05, 0) is 42.8 Å². The summed E-state index contributed by atoms with van der Waals surface area (Å²) < 4.78 is 0. The molecule has 0 radical (unpaired) electrons. The molecule has 0 aromatic heterocycles. The monoisotopic (exact) mass is 311 g/mol. The van der Waals surface area contributed by atoms with Crippen LogP contribution < -0.4 is 5.32 Å². The van der Waals surface area contributed by atoms with Crippen molar-refractivity contribution in [2.75, 3.05) is 5.32 Å². The Morgan fingerprint density at radius 2 is 1.84 bits per heavy atom. The standard InChI is InChI=1S/C14H11Cl2NOS/c1-8-2-3-9(6-13(8)16)17-14(18)11-7-10(19)4-5-12(11)15/h2-7,19H,1H3,(H,17,18). The molecule has 0 spiro atoms. The highest BCUT2D eigenvalue weighted by molar-refractivity contribution is 7.80. The van der Waals surface area contributed by atoms with Gasteiger partial charge in [-0.3, -0.25) is 4.79 Å². The number of hydrogen-bond acceptors (Lipinski definition) is 2. The van der Waals surface area contributed by atoms with Crippen LogP contribution in [0.4, 0.5) is 5.69 Å². The minimum absolute atomic E-state index is 0.291. The molecule has 2 aromatic rings. The van der Waals surface area contributed by atoms with Crippen molar-refractivity contribution < 1.29 is 4.79 Å². The second-order valence-electron chi connectivity index (χ2n) is 4.08. The first-order chi connectivity index (χ1) is 8.97. The number of amides is 1. The second kappa shape index (κ2) is 5.87. The van der Waals surface area contributed by atoms with Gasteiger partial charge in [-0.15, -0.1) is 12.6 Å². The normalized spacial score (nSPS) is 10.3. The summed E-state index contributed by atoms with van der Waals surface area (Å²) in [6.45, 7) is 1.90. The van der Waals surface area contributed by atoms with Crippen LogP contribution in [0.5, 0.6) is 0 Å². The van der Waals surface area contributed by atoms with E-state index < -0.39 is 0 Å². The zero-order valence-electron chi connectivity index (χ0n) is 10.1. The number of halogens is 2. The van der Waals surface area contributed by atoms with Crippen LogP contribution in [0.2, 0.25) is 10.0 Å². The minimum Gasteiger partial charge on any atom is -0.322 e. The number of anilines is 1. The summed E-state index contributed by atoms with van der Waals surface area (Å²) in [4.78, 5) is 12.8. The number of aryl methyl sites for hydroxylation is 1. The lowest BCUT2D eigenvalue weighted by atomic mass is 10.2. The number of thiol groups is 1. The lowest BCUT2D eigenvalue weighted by Gasteiger charge is -2.08. The third kappa shape index (κ3) is 3.44. The smallest absolute Gasteiger partial charge is 0.257 e. The van der Waals surface area contributed by atoms with Crippen LogP contribution in [0.1, 0.15) is 15.9 Å². The summed E-state index contributed by atoms with van der Waals surface area (Å²) in [5.74, 6) is -0.291. The number of hydrogen-bond donors (Lipinski definition) is 2. The number of carbonyl (C=O) groups excluding carboxylic acids is 1. The molecular formula is C14H11Cl2NOS. The van der Waals surface area contributed by atoms with E-state index in [1.54, 1.807) is 30.3 Å². The maximum atomic E-state index is 12.1. The Kier molecular flexibility index (Phi) is 4.40. The molecule has 0 fully saturated rings. The zero-order chi connectivity index (χ0) is 14.0. The third-order valence-corrected chi connectivity index (χ3v) is 3.64. The molecule has 0 bridgehead atoms. The Morgan fingerprint density at radius 3 is 2.53 bits per heavy atom. The van der Waals surface area contributed by atoms with E-state index in [4.69, 9.17) is 23.2 Å². The fraction of sp³-hybridized carbons (Fsp3) is 0.0714. The molecule has 0 aliphatic carbocycles. The van der Waals surface area contributed by atoms with E-state index in [0.29, 0.717) is 26.2 Å². The topological polar surface area (TPSA) is 29.1 Å². The van der Waals surface area contributed by atoms with Crippen molar-refractivity contribution in [1.29, 1.82) is 0 Å². The summed E-state index contributed by atoms with van der Waals surface area (Å²) in [6.07, 6.45) is 0. The third-order valence-electron chi connectivity index (χ3n) is 2.62. The Hall–Kier alpha value is -1.16. The van der Waals surface area contributed by atoms with Gasteiger partial charge in [-0.25, -0.2) is 0 Å². The van der Waals surface area contributed by atoms with Gasteiger partial charge in [0.05, 0.1) is 10.6 Å². The van der Waals surface area contributed by atoms with E-state index in [2.05, 4.69) is 17.9 Å². The Morgan fingerprint density at radius 1 is 1.11 bits per heavy atom. The molecule has 0 aliphatic rings. The van der Waals surface area contributed by atoms with Crippen molar-refractivity contribution >= 4 is 47.4 Å². The molecule has 1 amide bonds. The molecule has 2 aromatic carbocycles. The van der Waals surface area contributed by atoms with E-state index in [0.717, 1.165) is 5.56 Å². The second-order valence-corrected chi connectivity index (χ2v) is 5.41. The maximum Gasteiger partial charge on any atom is 0.257 e. The summed E-state index contributed by atoms with van der Waals surface area (Å²) in [5, 5.41) is 3.74. The Bertz CT molecular complexity index is 643. The van der Waals surface area contributed by atoms with Crippen LogP contribution in [0.3, 0.4) is 0 Å². The predicted molar refractivity (Wildman–Crippen MR) is 82.8 cm³/mol. The first kappa shape index (κ1) is 14.3. The predicted octanol–water partition coefficient (Wildman–Crippen LogP) is 4.84. The van der Waals surface area contributed by atoms with Gasteiger partial charge in [-0.1, -0.05) is 29.3 Å². The van der Waals surface area contributed by atoms with Crippen molar-refractivity contribution in [2.45, 2.75) is 11.8 Å². The molecule has 2 rings (SSSR count). The van der Waals surface area contributed by atoms with Crippen LogP contribution in [0, 0.1) is 6.92 Å². The SMILES string of the molecule is Cc1ccc(NC(=O)c2cc(S)ccc2Cl)cc1Cl. The Balaban J connectivity index is 2.25. The van der Waals surface area contributed by atoms with Gasteiger partial charge in [0.15, 0.2) is 0 Å². The summed E-state index contributed by atoms with van der Waals surface area (Å²) in [7, 11) is 0. The lowest BCUT2D eigenvalue weighted by molar-refractivity contribution is 0.102. The van der Waals surface area contributed by atoms with Crippen LogP contribution in [0.15, 0.2) is 41.3 Å². The average Bonchev–Trinajstić information content (AvgIpc) is 2.36. The largest absolute Gasteiger partial charge is 0.322 e. The van der Waals surface area contributed by atoms with Crippen LogP contribution >= 0.6 is 35.8 Å². The van der Waals surface area contributed by atoms with E-state index in [9.17, 15) is 4.79 Å². The van der Waals surface area contributed by atoms with Crippen LogP contribution in [-0.2, 0) is 0 Å². The van der Waals surface area contributed by atoms with E-state index in [-0.39, 0.29) is 5.91 Å². The van der Waals surface area contributed by atoms with Gasteiger partial charge in [0.25, 0.3) is 5.91 Å². The van der Waals surface area contributed by atoms with Crippen molar-refractivity contribution in [1.82, 2.24) is 0 Å². The zero-order valence-corrected chi connectivity index (χ0v) is 12.5. The van der Waals surface area contributed by atoms with Crippen molar-refractivity contribution in [3.05, 3.63) is 57.6 Å². The highest BCUT2D eigenvalue weighted by Crippen LogP contribution is 2.23. The number of benzene rings is 2. The van der Waals surface area contributed by atoms with E-state index in [1.807, 2.05) is 13.0 Å². The van der Waals surface area contributed by atoms with Gasteiger partial charge in [0.1, 0.15) is 0 Å². The minimum atomic E-state index is -0.291. The molecular weight excluding hydrogens is 301 g/mol.